The van der Waals surface area contributed by atoms with Crippen LogP contribution < -0.4 is 0 Å². The molecule has 0 aliphatic heterocycles. The molecule has 1 saturated carbocycles. The predicted octanol–water partition coefficient (Wildman–Crippen LogP) is 2.94. The van der Waals surface area contributed by atoms with Crippen LogP contribution in [0.15, 0.2) is 24.3 Å². The number of non-ortho nitro benzene ring substituents is 1. The van der Waals surface area contributed by atoms with E-state index >= 15 is 0 Å². The Kier molecular flexibility index (Phi) is 3.60. The molecule has 1 aliphatic carbocycles. The number of benzene rings is 1. The van der Waals surface area contributed by atoms with Crippen molar-refractivity contribution in [3.8, 4) is 0 Å². The molecular weight excluding hydrogens is 234 g/mol. The number of hydrogen-bond acceptors (Lipinski definition) is 4. The molecule has 0 bridgehead atoms. The van der Waals surface area contributed by atoms with Crippen LogP contribution in [0.4, 0.5) is 5.69 Å². The second-order valence-electron chi connectivity index (χ2n) is 4.58. The van der Waals surface area contributed by atoms with E-state index in [0.717, 1.165) is 19.3 Å². The molecule has 0 N–H and O–H groups in total. The van der Waals surface area contributed by atoms with Gasteiger partial charge in [0.05, 0.1) is 10.5 Å². The van der Waals surface area contributed by atoms with Gasteiger partial charge >= 0.3 is 5.97 Å². The van der Waals surface area contributed by atoms with Crippen molar-refractivity contribution in [1.29, 1.82) is 0 Å². The normalized spacial score (nSPS) is 22.1. The first-order chi connectivity index (χ1) is 8.60. The number of ether oxygens (including phenoxy) is 1. The van der Waals surface area contributed by atoms with Crippen LogP contribution in [0.3, 0.4) is 0 Å². The van der Waals surface area contributed by atoms with Gasteiger partial charge in [0.25, 0.3) is 5.69 Å². The predicted molar refractivity (Wildman–Crippen MR) is 65.3 cm³/mol. The minimum atomic E-state index is -0.493. The number of nitro benzene ring substituents is 1. The minimum Gasteiger partial charge on any atom is -0.459 e. The Morgan fingerprint density at radius 2 is 2.00 bits per heavy atom. The van der Waals surface area contributed by atoms with Gasteiger partial charge in [0.1, 0.15) is 6.10 Å². The second kappa shape index (κ2) is 5.16. The Labute approximate surface area is 105 Å². The third-order valence-corrected chi connectivity index (χ3v) is 3.36. The summed E-state index contributed by atoms with van der Waals surface area (Å²) in [5.41, 5.74) is 0.335. The highest BCUT2D eigenvalue weighted by Crippen LogP contribution is 2.32. The van der Waals surface area contributed by atoms with Crippen LogP contribution in [-0.2, 0) is 4.74 Å². The summed E-state index contributed by atoms with van der Waals surface area (Å²) in [6.45, 7) is 2.12. The first-order valence-electron chi connectivity index (χ1n) is 6.05. The van der Waals surface area contributed by atoms with E-state index in [1.165, 1.54) is 24.3 Å². The van der Waals surface area contributed by atoms with Crippen molar-refractivity contribution in [2.45, 2.75) is 32.3 Å². The summed E-state index contributed by atoms with van der Waals surface area (Å²) in [7, 11) is 0. The van der Waals surface area contributed by atoms with Crippen molar-refractivity contribution in [2.75, 3.05) is 0 Å². The minimum absolute atomic E-state index is 0.0117. The fourth-order valence-electron chi connectivity index (χ4n) is 2.04. The lowest BCUT2D eigenvalue weighted by atomic mass is 9.80. The highest BCUT2D eigenvalue weighted by molar-refractivity contribution is 5.89. The molecule has 0 saturated heterocycles. The van der Waals surface area contributed by atoms with Gasteiger partial charge in [-0.2, -0.15) is 0 Å². The standard InChI is InChI=1S/C13H15NO4/c1-2-9-7-12(8-9)18-13(15)10-3-5-11(6-4-10)14(16)17/h3-6,9,12H,2,7-8H2,1H3/t9-,12-. The number of rotatable bonds is 4. The third kappa shape index (κ3) is 2.67. The van der Waals surface area contributed by atoms with Crippen LogP contribution in [0, 0.1) is 16.0 Å². The van der Waals surface area contributed by atoms with Crippen molar-refractivity contribution in [3.63, 3.8) is 0 Å². The molecule has 0 unspecified atom stereocenters. The summed E-state index contributed by atoms with van der Waals surface area (Å²) in [5, 5.41) is 10.5. The van der Waals surface area contributed by atoms with E-state index in [1.807, 2.05) is 0 Å². The Morgan fingerprint density at radius 3 is 2.50 bits per heavy atom. The molecule has 1 aliphatic rings. The Bertz CT molecular complexity index is 449. The van der Waals surface area contributed by atoms with E-state index in [-0.39, 0.29) is 11.8 Å². The molecule has 1 fully saturated rings. The smallest absolute Gasteiger partial charge is 0.338 e. The first kappa shape index (κ1) is 12.5. The molecule has 1 aromatic rings. The molecule has 0 aromatic heterocycles. The van der Waals surface area contributed by atoms with E-state index < -0.39 is 10.9 Å². The van der Waals surface area contributed by atoms with E-state index in [4.69, 9.17) is 4.74 Å². The Morgan fingerprint density at radius 1 is 1.39 bits per heavy atom. The average Bonchev–Trinajstić information content (AvgIpc) is 2.33. The lowest BCUT2D eigenvalue weighted by molar-refractivity contribution is -0.384. The van der Waals surface area contributed by atoms with Crippen LogP contribution in [0.1, 0.15) is 36.5 Å². The average molecular weight is 249 g/mol. The fraction of sp³-hybridized carbons (Fsp3) is 0.462. The van der Waals surface area contributed by atoms with E-state index in [2.05, 4.69) is 6.92 Å². The van der Waals surface area contributed by atoms with Crippen LogP contribution >= 0.6 is 0 Å². The molecule has 0 amide bonds. The highest BCUT2D eigenvalue weighted by atomic mass is 16.6. The molecule has 0 heterocycles. The van der Waals surface area contributed by atoms with Crippen molar-refractivity contribution in [1.82, 2.24) is 0 Å². The zero-order chi connectivity index (χ0) is 13.1. The lowest BCUT2D eigenvalue weighted by Crippen LogP contribution is -2.32. The monoisotopic (exact) mass is 249 g/mol. The fourth-order valence-corrected chi connectivity index (χ4v) is 2.04. The molecule has 0 radical (unpaired) electrons. The molecular formula is C13H15NO4. The summed E-state index contributed by atoms with van der Waals surface area (Å²) in [6, 6.07) is 5.48. The van der Waals surface area contributed by atoms with Gasteiger partial charge < -0.3 is 4.74 Å². The molecule has 2 rings (SSSR count). The number of nitrogens with zero attached hydrogens (tertiary/aromatic N) is 1. The van der Waals surface area contributed by atoms with Crippen molar-refractivity contribution < 1.29 is 14.5 Å². The van der Waals surface area contributed by atoms with Gasteiger partial charge in [-0.1, -0.05) is 13.3 Å². The maximum atomic E-state index is 11.7. The second-order valence-corrected chi connectivity index (χ2v) is 4.58. The lowest BCUT2D eigenvalue weighted by Gasteiger charge is -2.33. The quantitative estimate of drug-likeness (QED) is 0.467. The van der Waals surface area contributed by atoms with Crippen LogP contribution in [0.25, 0.3) is 0 Å². The summed E-state index contributed by atoms with van der Waals surface area (Å²) < 4.78 is 5.30. The third-order valence-electron chi connectivity index (χ3n) is 3.36. The maximum absolute atomic E-state index is 11.7. The molecule has 96 valence electrons. The summed E-state index contributed by atoms with van der Waals surface area (Å²) >= 11 is 0. The Hall–Kier alpha value is -1.91. The van der Waals surface area contributed by atoms with E-state index in [1.54, 1.807) is 0 Å². The highest BCUT2D eigenvalue weighted by Gasteiger charge is 2.30. The maximum Gasteiger partial charge on any atom is 0.338 e. The zero-order valence-electron chi connectivity index (χ0n) is 10.2. The van der Waals surface area contributed by atoms with Gasteiger partial charge in [-0.3, -0.25) is 10.1 Å². The summed E-state index contributed by atoms with van der Waals surface area (Å²) in [5.74, 6) is 0.268. The van der Waals surface area contributed by atoms with Crippen LogP contribution in [0.5, 0.6) is 0 Å². The molecule has 5 nitrogen and oxygen atoms in total. The molecule has 1 aromatic carbocycles. The molecule has 0 spiro atoms. The van der Waals surface area contributed by atoms with Gasteiger partial charge in [-0.05, 0) is 30.9 Å². The topological polar surface area (TPSA) is 69.4 Å². The van der Waals surface area contributed by atoms with Gasteiger partial charge in [-0.15, -0.1) is 0 Å². The first-order valence-corrected chi connectivity index (χ1v) is 6.05. The number of hydrogen-bond donors (Lipinski definition) is 0. The number of carbonyl (C=O) groups is 1. The number of nitro groups is 1. The van der Waals surface area contributed by atoms with E-state index in [9.17, 15) is 14.9 Å². The van der Waals surface area contributed by atoms with Crippen molar-refractivity contribution >= 4 is 11.7 Å². The van der Waals surface area contributed by atoms with Gasteiger partial charge in [0.2, 0.25) is 0 Å². The summed E-state index contributed by atoms with van der Waals surface area (Å²) in [4.78, 5) is 21.7. The molecule has 18 heavy (non-hydrogen) atoms. The molecule has 0 atom stereocenters. The largest absolute Gasteiger partial charge is 0.459 e. The van der Waals surface area contributed by atoms with Crippen LogP contribution in [0.2, 0.25) is 0 Å². The number of esters is 1. The summed E-state index contributed by atoms with van der Waals surface area (Å²) in [6.07, 6.45) is 2.98. The van der Waals surface area contributed by atoms with Crippen LogP contribution in [-0.4, -0.2) is 17.0 Å². The zero-order valence-corrected chi connectivity index (χ0v) is 10.2. The van der Waals surface area contributed by atoms with Crippen molar-refractivity contribution in [3.05, 3.63) is 39.9 Å². The SMILES string of the molecule is CC[C@H]1C[C@H](OC(=O)c2ccc([N+](=O)[O-])cc2)C1. The van der Waals surface area contributed by atoms with Gasteiger partial charge in [0.15, 0.2) is 0 Å². The van der Waals surface area contributed by atoms with Gasteiger partial charge in [-0.25, -0.2) is 4.79 Å². The number of carbonyl (C=O) groups excluding carboxylic acids is 1. The molecule has 5 heteroatoms. The van der Waals surface area contributed by atoms with Crippen molar-refractivity contribution in [2.24, 2.45) is 5.92 Å². The Balaban J connectivity index is 1.91. The van der Waals surface area contributed by atoms with E-state index in [0.29, 0.717) is 11.5 Å². The van der Waals surface area contributed by atoms with Gasteiger partial charge in [0, 0.05) is 12.1 Å².